The Morgan fingerprint density at radius 1 is 1.17 bits per heavy atom. The van der Waals surface area contributed by atoms with Crippen LogP contribution in [-0.2, 0) is 9.53 Å². The summed E-state index contributed by atoms with van der Waals surface area (Å²) in [5, 5.41) is 0. The van der Waals surface area contributed by atoms with Crippen LogP contribution >= 0.6 is 0 Å². The maximum Gasteiger partial charge on any atom is 0.218 e. The summed E-state index contributed by atoms with van der Waals surface area (Å²) in [4.78, 5) is 14.0. The van der Waals surface area contributed by atoms with Crippen molar-refractivity contribution in [2.24, 2.45) is 5.73 Å². The van der Waals surface area contributed by atoms with Crippen LogP contribution < -0.4 is 10.6 Å². The van der Waals surface area contributed by atoms with Crippen LogP contribution in [0.5, 0.6) is 0 Å². The second kappa shape index (κ2) is 7.49. The van der Waals surface area contributed by atoms with E-state index in [0.29, 0.717) is 6.42 Å². The van der Waals surface area contributed by atoms with Gasteiger partial charge < -0.3 is 15.4 Å². The average Bonchev–Trinajstić information content (AvgIpc) is 2.61. The number of benzene rings is 2. The molecular weight excluding hydrogens is 300 g/mol. The summed E-state index contributed by atoms with van der Waals surface area (Å²) in [5.41, 5.74) is 10.2. The summed E-state index contributed by atoms with van der Waals surface area (Å²) < 4.78 is 5.49. The number of rotatable bonds is 5. The second-order valence-corrected chi connectivity index (χ2v) is 6.30. The number of nitrogens with zero attached hydrogens (tertiary/aromatic N) is 1. The van der Waals surface area contributed by atoms with Gasteiger partial charge in [-0.05, 0) is 29.7 Å². The van der Waals surface area contributed by atoms with Gasteiger partial charge in [0.05, 0.1) is 13.2 Å². The predicted octanol–water partition coefficient (Wildman–Crippen LogP) is 2.84. The fourth-order valence-corrected chi connectivity index (χ4v) is 3.32. The summed E-state index contributed by atoms with van der Waals surface area (Å²) in [7, 11) is 0. The van der Waals surface area contributed by atoms with Crippen molar-refractivity contribution in [2.45, 2.75) is 19.3 Å². The molecule has 0 spiro atoms. The zero-order chi connectivity index (χ0) is 16.9. The highest BCUT2D eigenvalue weighted by Gasteiger charge is 2.23. The van der Waals surface area contributed by atoms with Crippen molar-refractivity contribution in [3.8, 4) is 0 Å². The summed E-state index contributed by atoms with van der Waals surface area (Å²) in [6.45, 7) is 5.31. The lowest BCUT2D eigenvalue weighted by atomic mass is 9.86. The molecule has 1 aliphatic rings. The smallest absolute Gasteiger partial charge is 0.218 e. The molecule has 0 bridgehead atoms. The number of ether oxygens (including phenoxy) is 1. The third kappa shape index (κ3) is 3.77. The number of carbonyl (C=O) groups excluding carboxylic acids is 1. The minimum Gasteiger partial charge on any atom is -0.378 e. The van der Waals surface area contributed by atoms with Crippen LogP contribution in [0.25, 0.3) is 0 Å². The number of hydrogen-bond acceptors (Lipinski definition) is 3. The van der Waals surface area contributed by atoms with Gasteiger partial charge in [0.15, 0.2) is 0 Å². The van der Waals surface area contributed by atoms with Crippen LogP contribution in [0, 0.1) is 6.92 Å². The Labute approximate surface area is 143 Å². The van der Waals surface area contributed by atoms with Crippen molar-refractivity contribution >= 4 is 11.6 Å². The molecule has 1 amide bonds. The highest BCUT2D eigenvalue weighted by Crippen LogP contribution is 2.35. The highest BCUT2D eigenvalue weighted by molar-refractivity contribution is 5.76. The Kier molecular flexibility index (Phi) is 5.16. The SMILES string of the molecule is Cc1ccc(C(CC(N)=O)c2ccccc2)c(N2CCOCC2)c1. The molecule has 1 atom stereocenters. The fraction of sp³-hybridized carbons (Fsp3) is 0.350. The molecule has 126 valence electrons. The number of amides is 1. The second-order valence-electron chi connectivity index (χ2n) is 6.30. The normalized spacial score (nSPS) is 16.0. The average molecular weight is 324 g/mol. The van der Waals surface area contributed by atoms with Crippen molar-refractivity contribution in [3.05, 3.63) is 65.2 Å². The molecule has 0 saturated carbocycles. The number of anilines is 1. The zero-order valence-corrected chi connectivity index (χ0v) is 14.1. The van der Waals surface area contributed by atoms with E-state index in [1.54, 1.807) is 0 Å². The number of nitrogens with two attached hydrogens (primary N) is 1. The summed E-state index contributed by atoms with van der Waals surface area (Å²) >= 11 is 0. The first-order chi connectivity index (χ1) is 11.6. The number of primary amides is 1. The molecule has 1 fully saturated rings. The minimum absolute atomic E-state index is 0.0258. The maximum absolute atomic E-state index is 11.7. The van der Waals surface area contributed by atoms with Gasteiger partial charge >= 0.3 is 0 Å². The van der Waals surface area contributed by atoms with Crippen LogP contribution in [0.1, 0.15) is 29.0 Å². The highest BCUT2D eigenvalue weighted by atomic mass is 16.5. The van der Waals surface area contributed by atoms with Crippen LogP contribution in [0.15, 0.2) is 48.5 Å². The van der Waals surface area contributed by atoms with E-state index in [4.69, 9.17) is 10.5 Å². The Hall–Kier alpha value is -2.33. The molecular formula is C20H24N2O2. The van der Waals surface area contributed by atoms with E-state index in [9.17, 15) is 4.79 Å². The van der Waals surface area contributed by atoms with Crippen LogP contribution in [0.4, 0.5) is 5.69 Å². The molecule has 0 radical (unpaired) electrons. The minimum atomic E-state index is -0.280. The van der Waals surface area contributed by atoms with E-state index in [1.807, 2.05) is 18.2 Å². The number of morpholine rings is 1. The molecule has 1 unspecified atom stereocenters. The van der Waals surface area contributed by atoms with Gasteiger partial charge in [-0.25, -0.2) is 0 Å². The van der Waals surface area contributed by atoms with Crippen molar-refractivity contribution in [2.75, 3.05) is 31.2 Å². The monoisotopic (exact) mass is 324 g/mol. The third-order valence-electron chi connectivity index (χ3n) is 4.52. The largest absolute Gasteiger partial charge is 0.378 e. The lowest BCUT2D eigenvalue weighted by Gasteiger charge is -2.33. The van der Waals surface area contributed by atoms with Gasteiger partial charge in [-0.2, -0.15) is 0 Å². The molecule has 1 heterocycles. The molecule has 3 rings (SSSR count). The molecule has 24 heavy (non-hydrogen) atoms. The summed E-state index contributed by atoms with van der Waals surface area (Å²) in [5.74, 6) is -0.306. The van der Waals surface area contributed by atoms with E-state index >= 15 is 0 Å². The third-order valence-corrected chi connectivity index (χ3v) is 4.52. The molecule has 4 heteroatoms. The van der Waals surface area contributed by atoms with Crippen LogP contribution in [0.3, 0.4) is 0 Å². The predicted molar refractivity (Wildman–Crippen MR) is 96.3 cm³/mol. The Balaban J connectivity index is 2.05. The molecule has 2 aromatic rings. The molecule has 2 N–H and O–H groups in total. The van der Waals surface area contributed by atoms with Crippen molar-refractivity contribution < 1.29 is 9.53 Å². The number of hydrogen-bond donors (Lipinski definition) is 1. The lowest BCUT2D eigenvalue weighted by molar-refractivity contribution is -0.118. The van der Waals surface area contributed by atoms with Crippen LogP contribution in [0.2, 0.25) is 0 Å². The maximum atomic E-state index is 11.7. The quantitative estimate of drug-likeness (QED) is 0.920. The fourth-order valence-electron chi connectivity index (χ4n) is 3.32. The van der Waals surface area contributed by atoms with Gasteiger partial charge in [-0.15, -0.1) is 0 Å². The standard InChI is InChI=1S/C20H24N2O2/c1-15-7-8-17(19(13-15)22-9-11-24-12-10-22)18(14-20(21)23)16-5-3-2-4-6-16/h2-8,13,18H,9-12,14H2,1H3,(H2,21,23). The first-order valence-corrected chi connectivity index (χ1v) is 8.41. The van der Waals surface area contributed by atoms with E-state index in [2.05, 4.69) is 42.2 Å². The lowest BCUT2D eigenvalue weighted by Crippen LogP contribution is -2.37. The van der Waals surface area contributed by atoms with Gasteiger partial charge in [0, 0.05) is 31.1 Å². The van der Waals surface area contributed by atoms with Gasteiger partial charge in [-0.3, -0.25) is 4.79 Å². The zero-order valence-electron chi connectivity index (χ0n) is 14.1. The Bertz CT molecular complexity index is 694. The van der Waals surface area contributed by atoms with E-state index in [1.165, 1.54) is 11.3 Å². The topological polar surface area (TPSA) is 55.6 Å². The molecule has 1 aliphatic heterocycles. The molecule has 0 aliphatic carbocycles. The molecule has 1 saturated heterocycles. The summed E-state index contributed by atoms with van der Waals surface area (Å²) in [6.07, 6.45) is 0.310. The number of aryl methyl sites for hydroxylation is 1. The molecule has 4 nitrogen and oxygen atoms in total. The van der Waals surface area contributed by atoms with Gasteiger partial charge in [0.2, 0.25) is 5.91 Å². The molecule has 0 aromatic heterocycles. The molecule has 2 aromatic carbocycles. The van der Waals surface area contributed by atoms with Gasteiger partial charge in [0.25, 0.3) is 0 Å². The summed E-state index contributed by atoms with van der Waals surface area (Å²) in [6, 6.07) is 16.6. The van der Waals surface area contributed by atoms with Crippen LogP contribution in [-0.4, -0.2) is 32.2 Å². The van der Waals surface area contributed by atoms with Crippen molar-refractivity contribution in [1.29, 1.82) is 0 Å². The Morgan fingerprint density at radius 2 is 1.88 bits per heavy atom. The van der Waals surface area contributed by atoms with Gasteiger partial charge in [-0.1, -0.05) is 42.5 Å². The van der Waals surface area contributed by atoms with E-state index < -0.39 is 0 Å². The van der Waals surface area contributed by atoms with E-state index in [-0.39, 0.29) is 11.8 Å². The first-order valence-electron chi connectivity index (χ1n) is 8.41. The van der Waals surface area contributed by atoms with Crippen molar-refractivity contribution in [1.82, 2.24) is 0 Å². The first kappa shape index (κ1) is 16.5. The Morgan fingerprint density at radius 3 is 2.54 bits per heavy atom. The van der Waals surface area contributed by atoms with Gasteiger partial charge in [0.1, 0.15) is 0 Å². The van der Waals surface area contributed by atoms with Crippen molar-refractivity contribution in [3.63, 3.8) is 0 Å². The van der Waals surface area contributed by atoms with E-state index in [0.717, 1.165) is 37.4 Å². The number of carbonyl (C=O) groups is 1.